The van der Waals surface area contributed by atoms with Gasteiger partial charge in [-0.1, -0.05) is 32.3 Å². The number of anilines is 1. The first kappa shape index (κ1) is 22.9. The number of aromatic hydroxyl groups is 1. The number of nitrogens with one attached hydrogen (secondary N) is 2. The molecule has 3 N–H and O–H groups in total. The number of phenolic OH excluding ortho intramolecular Hbond substituents is 1. The molecule has 0 unspecified atom stereocenters. The quantitative estimate of drug-likeness (QED) is 0.287. The van der Waals surface area contributed by atoms with Crippen LogP contribution in [0.15, 0.2) is 42.4 Å². The fourth-order valence-corrected chi connectivity index (χ4v) is 4.54. The molecule has 31 heavy (non-hydrogen) atoms. The van der Waals surface area contributed by atoms with Gasteiger partial charge in [-0.15, -0.1) is 8.80 Å². The number of furan rings is 1. The maximum Gasteiger partial charge on any atom is 0.367 e. The first-order valence-electron chi connectivity index (χ1n) is 9.30. The SMILES string of the molecule is Bc1ccc(NC2=NS(=O)(=O)N=C2N[C@@H](c2ccc(C)o2)C(C)(C)C)c(O)c1[SH](=O)=O. The number of phenols is 1. The average Bonchev–Trinajstić information content (AvgIpc) is 3.16. The summed E-state index contributed by atoms with van der Waals surface area (Å²) in [4.78, 5) is -0.258. The van der Waals surface area contributed by atoms with Crippen LogP contribution in [0, 0.1) is 12.3 Å². The van der Waals surface area contributed by atoms with Gasteiger partial charge in [0.2, 0.25) is 0 Å². The lowest BCUT2D eigenvalue weighted by Gasteiger charge is -2.30. The highest BCUT2D eigenvalue weighted by atomic mass is 32.2. The highest BCUT2D eigenvalue weighted by Gasteiger charge is 2.34. The van der Waals surface area contributed by atoms with E-state index in [1.165, 1.54) is 20.0 Å². The normalized spacial score (nSPS) is 16.7. The minimum absolute atomic E-state index is 0.0219. The summed E-state index contributed by atoms with van der Waals surface area (Å²) in [5.41, 5.74) is -0.0656. The Hall–Kier alpha value is -2.80. The van der Waals surface area contributed by atoms with Gasteiger partial charge in [-0.25, -0.2) is 8.42 Å². The molecule has 13 heteroatoms. The van der Waals surface area contributed by atoms with Gasteiger partial charge >= 0.3 is 10.2 Å². The number of benzene rings is 1. The molecule has 1 aliphatic heterocycles. The summed E-state index contributed by atoms with van der Waals surface area (Å²) >= 11 is 0. The van der Waals surface area contributed by atoms with E-state index in [-0.39, 0.29) is 22.3 Å². The zero-order valence-electron chi connectivity index (χ0n) is 17.6. The second-order valence-electron chi connectivity index (χ2n) is 8.23. The Morgan fingerprint density at radius 3 is 2.32 bits per heavy atom. The second-order valence-corrected chi connectivity index (χ2v) is 10.5. The van der Waals surface area contributed by atoms with Gasteiger partial charge in [-0.2, -0.15) is 8.42 Å². The van der Waals surface area contributed by atoms with Crippen molar-refractivity contribution in [3.63, 3.8) is 0 Å². The summed E-state index contributed by atoms with van der Waals surface area (Å²) in [5, 5.41) is 16.1. The number of nitrogens with zero attached hydrogens (tertiary/aromatic N) is 2. The lowest BCUT2D eigenvalue weighted by molar-refractivity contribution is 0.261. The van der Waals surface area contributed by atoms with E-state index in [1.807, 2.05) is 20.8 Å². The molecule has 0 fully saturated rings. The van der Waals surface area contributed by atoms with Gasteiger partial charge in [-0.3, -0.25) is 0 Å². The van der Waals surface area contributed by atoms with Crippen molar-refractivity contribution in [3.05, 3.63) is 35.8 Å². The van der Waals surface area contributed by atoms with Crippen LogP contribution in [0.5, 0.6) is 5.75 Å². The van der Waals surface area contributed by atoms with Crippen LogP contribution in [0.2, 0.25) is 0 Å². The molecule has 1 atom stereocenters. The smallest absolute Gasteiger partial charge is 0.367 e. The molecule has 2 aromatic rings. The maximum absolute atomic E-state index is 12.1. The van der Waals surface area contributed by atoms with E-state index in [1.54, 1.807) is 19.1 Å². The highest BCUT2D eigenvalue weighted by molar-refractivity contribution is 7.89. The standard InChI is InChI=1S/C18H23BN4O6S2/c1-9-5-8-12(29-9)15(18(2,3)4)21-17-16(22-31(27,28)23-17)20-11-7-6-10(19)14(13(11)24)30(25)26/h5-8,15,24,30H,19H2,1-4H3,(H,20,22)(H,21,23)/t15-/m0/s1. The lowest BCUT2D eigenvalue weighted by Crippen LogP contribution is -2.41. The molecule has 0 amide bonds. The molecular formula is C18H23BN4O6S2. The molecule has 0 bridgehead atoms. The van der Waals surface area contributed by atoms with Gasteiger partial charge in [0.1, 0.15) is 24.3 Å². The van der Waals surface area contributed by atoms with Gasteiger partial charge in [0.15, 0.2) is 28.1 Å². The number of amidine groups is 2. The number of thiol groups is 1. The van der Waals surface area contributed by atoms with Gasteiger partial charge in [0, 0.05) is 0 Å². The number of rotatable bonds is 4. The Bertz CT molecular complexity index is 1260. The van der Waals surface area contributed by atoms with Crippen LogP contribution in [-0.4, -0.2) is 41.5 Å². The van der Waals surface area contributed by atoms with Crippen molar-refractivity contribution < 1.29 is 26.4 Å². The van der Waals surface area contributed by atoms with Crippen LogP contribution >= 0.6 is 0 Å². The Morgan fingerprint density at radius 1 is 1.13 bits per heavy atom. The molecule has 1 aliphatic rings. The average molecular weight is 466 g/mol. The molecule has 2 heterocycles. The topological polar surface area (TPSA) is 150 Å². The first-order chi connectivity index (χ1) is 14.3. The largest absolute Gasteiger partial charge is 0.505 e. The van der Waals surface area contributed by atoms with Gasteiger partial charge in [0.25, 0.3) is 0 Å². The van der Waals surface area contributed by atoms with E-state index in [4.69, 9.17) is 4.42 Å². The molecule has 10 nitrogen and oxygen atoms in total. The molecule has 0 spiro atoms. The summed E-state index contributed by atoms with van der Waals surface area (Å²) in [6.45, 7) is 7.63. The Balaban J connectivity index is 1.99. The summed E-state index contributed by atoms with van der Waals surface area (Å²) in [6.07, 6.45) is 0. The van der Waals surface area contributed by atoms with E-state index in [0.29, 0.717) is 17.0 Å². The predicted molar refractivity (Wildman–Crippen MR) is 121 cm³/mol. The van der Waals surface area contributed by atoms with Crippen molar-refractivity contribution in [1.29, 1.82) is 0 Å². The maximum atomic E-state index is 12.1. The van der Waals surface area contributed by atoms with Gasteiger partial charge in [0.05, 0.1) is 11.7 Å². The Morgan fingerprint density at radius 2 is 1.77 bits per heavy atom. The molecular weight excluding hydrogens is 443 g/mol. The van der Waals surface area contributed by atoms with Crippen LogP contribution in [-0.2, 0) is 20.9 Å². The van der Waals surface area contributed by atoms with Gasteiger partial charge in [-0.05, 0) is 30.5 Å². The third kappa shape index (κ3) is 4.93. The number of hydrogen-bond acceptors (Lipinski definition) is 8. The van der Waals surface area contributed by atoms with E-state index in [2.05, 4.69) is 19.4 Å². The van der Waals surface area contributed by atoms with E-state index >= 15 is 0 Å². The molecule has 0 aliphatic carbocycles. The Kier molecular flexibility index (Phi) is 5.93. The van der Waals surface area contributed by atoms with Crippen LogP contribution < -0.4 is 16.1 Å². The minimum Gasteiger partial charge on any atom is -0.505 e. The molecule has 0 saturated heterocycles. The predicted octanol–water partition coefficient (Wildman–Crippen LogP) is 0.367. The summed E-state index contributed by atoms with van der Waals surface area (Å²) < 4.78 is 60.1. The lowest BCUT2D eigenvalue weighted by atomic mass is 9.85. The van der Waals surface area contributed by atoms with Crippen LogP contribution in [0.1, 0.15) is 38.3 Å². The van der Waals surface area contributed by atoms with Crippen molar-refractivity contribution in [2.75, 3.05) is 5.32 Å². The van der Waals surface area contributed by atoms with Crippen LogP contribution in [0.4, 0.5) is 5.69 Å². The summed E-state index contributed by atoms with van der Waals surface area (Å²) in [6, 6.07) is 6.04. The zero-order valence-corrected chi connectivity index (χ0v) is 19.3. The highest BCUT2D eigenvalue weighted by Crippen LogP contribution is 2.34. The Labute approximate surface area is 183 Å². The van der Waals surface area contributed by atoms with Crippen molar-refractivity contribution in [1.82, 2.24) is 5.32 Å². The molecule has 0 radical (unpaired) electrons. The fraction of sp³-hybridized carbons (Fsp3) is 0.333. The van der Waals surface area contributed by atoms with Crippen LogP contribution in [0.3, 0.4) is 0 Å². The fourth-order valence-electron chi connectivity index (χ4n) is 3.11. The zero-order chi connectivity index (χ0) is 23.1. The first-order valence-corrected chi connectivity index (χ1v) is 11.9. The monoisotopic (exact) mass is 466 g/mol. The second kappa shape index (κ2) is 8.04. The van der Waals surface area contributed by atoms with E-state index in [9.17, 15) is 21.9 Å². The molecule has 3 rings (SSSR count). The number of aryl methyl sites for hydroxylation is 1. The van der Waals surface area contributed by atoms with E-state index < -0.39 is 38.1 Å². The third-order valence-electron chi connectivity index (χ3n) is 4.62. The third-order valence-corrected chi connectivity index (χ3v) is 6.38. The number of hydrogen-bond donors (Lipinski definition) is 4. The van der Waals surface area contributed by atoms with Crippen molar-refractivity contribution in [2.24, 2.45) is 14.2 Å². The summed E-state index contributed by atoms with van der Waals surface area (Å²) in [5.74, 6) is 0.491. The van der Waals surface area contributed by atoms with Gasteiger partial charge < -0.3 is 20.2 Å². The molecule has 0 saturated carbocycles. The summed E-state index contributed by atoms with van der Waals surface area (Å²) in [7, 11) is -5.69. The van der Waals surface area contributed by atoms with Crippen molar-refractivity contribution in [2.45, 2.75) is 38.6 Å². The van der Waals surface area contributed by atoms with Crippen molar-refractivity contribution in [3.8, 4) is 5.75 Å². The van der Waals surface area contributed by atoms with E-state index in [0.717, 1.165) is 0 Å². The van der Waals surface area contributed by atoms with Crippen LogP contribution in [0.25, 0.3) is 0 Å². The molecule has 1 aromatic heterocycles. The molecule has 166 valence electrons. The molecule has 1 aromatic carbocycles. The van der Waals surface area contributed by atoms with Crippen molar-refractivity contribution >= 4 is 51.6 Å². The minimum atomic E-state index is -4.16.